The van der Waals surface area contributed by atoms with Crippen LogP contribution in [0.2, 0.25) is 0 Å². The van der Waals surface area contributed by atoms with Gasteiger partial charge in [0.25, 0.3) is 0 Å². The Morgan fingerprint density at radius 1 is 1.20 bits per heavy atom. The van der Waals surface area contributed by atoms with Crippen LogP contribution in [0.15, 0.2) is 24.3 Å². The molecule has 0 aliphatic heterocycles. The number of hydrogen-bond donors (Lipinski definition) is 1. The van der Waals surface area contributed by atoms with Crippen molar-refractivity contribution in [3.05, 3.63) is 35.4 Å². The molecule has 2 rings (SSSR count). The van der Waals surface area contributed by atoms with Gasteiger partial charge < -0.3 is 5.32 Å². The molecule has 0 atom stereocenters. The Bertz CT molecular complexity index is 296. The van der Waals surface area contributed by atoms with Crippen molar-refractivity contribution in [1.29, 1.82) is 0 Å². The van der Waals surface area contributed by atoms with E-state index < -0.39 is 0 Å². The minimum atomic E-state index is 0.566. The second-order valence-corrected chi connectivity index (χ2v) is 4.91. The van der Waals surface area contributed by atoms with Crippen molar-refractivity contribution in [2.45, 2.75) is 51.6 Å². The molecule has 0 saturated heterocycles. The summed E-state index contributed by atoms with van der Waals surface area (Å²) in [5, 5.41) is 3.44. The van der Waals surface area contributed by atoms with Crippen molar-refractivity contribution in [2.75, 3.05) is 0 Å². The summed E-state index contributed by atoms with van der Waals surface area (Å²) in [4.78, 5) is 0. The average Bonchev–Trinajstić information content (AvgIpc) is 2.14. The zero-order valence-corrected chi connectivity index (χ0v) is 9.79. The molecule has 0 spiro atoms. The Balaban J connectivity index is 1.91. The molecule has 15 heavy (non-hydrogen) atoms. The van der Waals surface area contributed by atoms with Crippen molar-refractivity contribution >= 4 is 0 Å². The molecule has 0 bridgehead atoms. The first-order valence-electron chi connectivity index (χ1n) is 6.08. The SMILES string of the molecule is CC(C)NCc1ccc(C2CCC2)cc1. The van der Waals surface area contributed by atoms with E-state index in [1.807, 2.05) is 0 Å². The van der Waals surface area contributed by atoms with Crippen molar-refractivity contribution in [1.82, 2.24) is 5.32 Å². The fraction of sp³-hybridized carbons (Fsp3) is 0.571. The maximum absolute atomic E-state index is 3.44. The third-order valence-electron chi connectivity index (χ3n) is 3.27. The van der Waals surface area contributed by atoms with Crippen LogP contribution in [-0.2, 0) is 6.54 Å². The highest BCUT2D eigenvalue weighted by Crippen LogP contribution is 2.36. The summed E-state index contributed by atoms with van der Waals surface area (Å²) in [6, 6.07) is 9.71. The molecule has 0 aromatic heterocycles. The van der Waals surface area contributed by atoms with Gasteiger partial charge in [0.2, 0.25) is 0 Å². The summed E-state index contributed by atoms with van der Waals surface area (Å²) < 4.78 is 0. The topological polar surface area (TPSA) is 12.0 Å². The predicted octanol–water partition coefficient (Wildman–Crippen LogP) is 3.45. The van der Waals surface area contributed by atoms with Crippen LogP contribution in [0.1, 0.15) is 50.2 Å². The van der Waals surface area contributed by atoms with Crippen molar-refractivity contribution in [2.24, 2.45) is 0 Å². The maximum Gasteiger partial charge on any atom is 0.0207 e. The quantitative estimate of drug-likeness (QED) is 0.790. The lowest BCUT2D eigenvalue weighted by Crippen LogP contribution is -2.21. The standard InChI is InChI=1S/C14H21N/c1-11(2)15-10-12-6-8-14(9-7-12)13-4-3-5-13/h6-9,11,13,15H,3-5,10H2,1-2H3. The Kier molecular flexibility index (Phi) is 3.42. The van der Waals surface area contributed by atoms with Crippen LogP contribution in [0.5, 0.6) is 0 Å². The minimum Gasteiger partial charge on any atom is -0.310 e. The van der Waals surface area contributed by atoms with Gasteiger partial charge in [-0.15, -0.1) is 0 Å². The summed E-state index contributed by atoms with van der Waals surface area (Å²) >= 11 is 0. The van der Waals surface area contributed by atoms with Crippen molar-refractivity contribution in [3.8, 4) is 0 Å². The van der Waals surface area contributed by atoms with Crippen molar-refractivity contribution in [3.63, 3.8) is 0 Å². The van der Waals surface area contributed by atoms with Gasteiger partial charge in [0.15, 0.2) is 0 Å². The van der Waals surface area contributed by atoms with E-state index in [-0.39, 0.29) is 0 Å². The number of nitrogens with one attached hydrogen (secondary N) is 1. The van der Waals surface area contributed by atoms with Crippen LogP contribution in [-0.4, -0.2) is 6.04 Å². The highest BCUT2D eigenvalue weighted by molar-refractivity contribution is 5.26. The van der Waals surface area contributed by atoms with Gasteiger partial charge in [-0.25, -0.2) is 0 Å². The summed E-state index contributed by atoms with van der Waals surface area (Å²) in [6.45, 7) is 5.36. The first-order valence-corrected chi connectivity index (χ1v) is 6.08. The lowest BCUT2D eigenvalue weighted by Gasteiger charge is -2.25. The molecule has 1 aliphatic rings. The third kappa shape index (κ3) is 2.82. The Labute approximate surface area is 92.9 Å². The van der Waals surface area contributed by atoms with Crippen LogP contribution in [0.3, 0.4) is 0 Å². The van der Waals surface area contributed by atoms with E-state index in [4.69, 9.17) is 0 Å². The van der Waals surface area contributed by atoms with Gasteiger partial charge in [-0.3, -0.25) is 0 Å². The molecular weight excluding hydrogens is 182 g/mol. The van der Waals surface area contributed by atoms with Crippen LogP contribution in [0, 0.1) is 0 Å². The van der Waals surface area contributed by atoms with Gasteiger partial charge in [0.05, 0.1) is 0 Å². The molecular formula is C14H21N. The summed E-state index contributed by atoms with van der Waals surface area (Å²) in [6.07, 6.45) is 4.20. The van der Waals surface area contributed by atoms with Gasteiger partial charge in [-0.1, -0.05) is 44.5 Å². The molecule has 1 fully saturated rings. The number of benzene rings is 1. The van der Waals surface area contributed by atoms with E-state index >= 15 is 0 Å². The van der Waals surface area contributed by atoms with E-state index in [1.54, 1.807) is 0 Å². The number of hydrogen-bond acceptors (Lipinski definition) is 1. The zero-order chi connectivity index (χ0) is 10.7. The largest absolute Gasteiger partial charge is 0.310 e. The predicted molar refractivity (Wildman–Crippen MR) is 65.0 cm³/mol. The Hall–Kier alpha value is -0.820. The Morgan fingerprint density at radius 3 is 2.33 bits per heavy atom. The molecule has 0 unspecified atom stereocenters. The summed E-state index contributed by atoms with van der Waals surface area (Å²) in [7, 11) is 0. The normalized spacial score (nSPS) is 16.7. The molecule has 1 N–H and O–H groups in total. The van der Waals surface area contributed by atoms with E-state index in [2.05, 4.69) is 43.4 Å². The zero-order valence-electron chi connectivity index (χ0n) is 9.79. The number of rotatable bonds is 4. The molecule has 0 heterocycles. The molecule has 0 radical (unpaired) electrons. The second-order valence-electron chi connectivity index (χ2n) is 4.91. The van der Waals surface area contributed by atoms with E-state index in [0.717, 1.165) is 12.5 Å². The maximum atomic E-state index is 3.44. The molecule has 1 aromatic carbocycles. The first kappa shape index (κ1) is 10.7. The van der Waals surface area contributed by atoms with Crippen LogP contribution < -0.4 is 5.32 Å². The summed E-state index contributed by atoms with van der Waals surface area (Å²) in [5.74, 6) is 0.858. The van der Waals surface area contributed by atoms with E-state index in [9.17, 15) is 0 Å². The van der Waals surface area contributed by atoms with Crippen LogP contribution >= 0.6 is 0 Å². The van der Waals surface area contributed by atoms with Crippen molar-refractivity contribution < 1.29 is 0 Å². The third-order valence-corrected chi connectivity index (χ3v) is 3.27. The molecule has 0 amide bonds. The minimum absolute atomic E-state index is 0.566. The van der Waals surface area contributed by atoms with Crippen LogP contribution in [0.4, 0.5) is 0 Å². The van der Waals surface area contributed by atoms with Gasteiger partial charge in [0, 0.05) is 12.6 Å². The Morgan fingerprint density at radius 2 is 1.87 bits per heavy atom. The molecule has 1 nitrogen and oxygen atoms in total. The average molecular weight is 203 g/mol. The van der Waals surface area contributed by atoms with Gasteiger partial charge in [-0.2, -0.15) is 0 Å². The molecule has 1 aliphatic carbocycles. The molecule has 1 saturated carbocycles. The monoisotopic (exact) mass is 203 g/mol. The molecule has 82 valence electrons. The smallest absolute Gasteiger partial charge is 0.0207 e. The fourth-order valence-electron chi connectivity index (χ4n) is 1.97. The fourth-order valence-corrected chi connectivity index (χ4v) is 1.97. The highest BCUT2D eigenvalue weighted by Gasteiger charge is 2.18. The van der Waals surface area contributed by atoms with Gasteiger partial charge >= 0.3 is 0 Å². The highest BCUT2D eigenvalue weighted by atomic mass is 14.9. The lowest BCUT2D eigenvalue weighted by molar-refractivity contribution is 0.419. The van der Waals surface area contributed by atoms with E-state index in [0.29, 0.717) is 6.04 Å². The van der Waals surface area contributed by atoms with E-state index in [1.165, 1.54) is 30.4 Å². The second kappa shape index (κ2) is 4.80. The molecule has 1 aromatic rings. The molecule has 1 heteroatoms. The first-order chi connectivity index (χ1) is 7.25. The van der Waals surface area contributed by atoms with Gasteiger partial charge in [-0.05, 0) is 29.9 Å². The van der Waals surface area contributed by atoms with Crippen LogP contribution in [0.25, 0.3) is 0 Å². The van der Waals surface area contributed by atoms with Gasteiger partial charge in [0.1, 0.15) is 0 Å². The summed E-state index contributed by atoms with van der Waals surface area (Å²) in [5.41, 5.74) is 2.93. The lowest BCUT2D eigenvalue weighted by atomic mass is 9.80.